The molecule has 0 aromatic carbocycles. The summed E-state index contributed by atoms with van der Waals surface area (Å²) in [5.41, 5.74) is 0.758. The zero-order valence-electron chi connectivity index (χ0n) is 11.3. The van der Waals surface area contributed by atoms with Crippen LogP contribution in [0.4, 0.5) is 0 Å². The molecule has 2 rings (SSSR count). The van der Waals surface area contributed by atoms with E-state index in [4.69, 9.17) is 4.42 Å². The molecule has 1 fully saturated rings. The number of nitrogens with zero attached hydrogens (tertiary/aromatic N) is 1. The monoisotopic (exact) mass is 272 g/mol. The van der Waals surface area contributed by atoms with Crippen molar-refractivity contribution in [2.45, 2.75) is 44.2 Å². The number of hydrogen-bond donors (Lipinski definition) is 1. The van der Waals surface area contributed by atoms with Gasteiger partial charge in [-0.2, -0.15) is 0 Å². The molecule has 1 saturated carbocycles. The molecule has 102 valence electrons. The van der Waals surface area contributed by atoms with Gasteiger partial charge in [-0.25, -0.2) is 12.7 Å². The summed E-state index contributed by atoms with van der Waals surface area (Å²) in [6, 6.07) is 0.537. The van der Waals surface area contributed by atoms with Gasteiger partial charge < -0.3 is 9.73 Å². The Labute approximate surface area is 108 Å². The lowest BCUT2D eigenvalue weighted by Gasteiger charge is -2.12. The van der Waals surface area contributed by atoms with E-state index < -0.39 is 10.0 Å². The maximum absolute atomic E-state index is 12.3. The molecule has 0 amide bonds. The summed E-state index contributed by atoms with van der Waals surface area (Å²) in [4.78, 5) is 0.318. The van der Waals surface area contributed by atoms with E-state index in [-0.39, 0.29) is 0 Å². The number of rotatable bonds is 5. The van der Waals surface area contributed by atoms with Gasteiger partial charge >= 0.3 is 0 Å². The van der Waals surface area contributed by atoms with Gasteiger partial charge in [0, 0.05) is 32.2 Å². The Morgan fingerprint density at radius 3 is 2.39 bits per heavy atom. The standard InChI is InChI=1S/C12H20N2O3S/c1-8-11(7-13-10-5-6-10)12(9(2)17-8)18(15,16)14(3)4/h10,13H,5-7H2,1-4H3. The van der Waals surface area contributed by atoms with E-state index in [2.05, 4.69) is 5.32 Å². The molecule has 1 heterocycles. The van der Waals surface area contributed by atoms with Crippen LogP contribution in [0.15, 0.2) is 9.31 Å². The van der Waals surface area contributed by atoms with Gasteiger partial charge in [0.15, 0.2) is 0 Å². The van der Waals surface area contributed by atoms with Crippen LogP contribution in [0.3, 0.4) is 0 Å². The van der Waals surface area contributed by atoms with Crippen LogP contribution in [0.5, 0.6) is 0 Å². The van der Waals surface area contributed by atoms with E-state index in [0.717, 1.165) is 5.56 Å². The minimum atomic E-state index is -3.45. The molecule has 1 N–H and O–H groups in total. The van der Waals surface area contributed by atoms with Crippen LogP contribution in [-0.4, -0.2) is 32.9 Å². The average molecular weight is 272 g/mol. The first-order chi connectivity index (χ1) is 8.34. The molecule has 1 aliphatic rings. The van der Waals surface area contributed by atoms with Gasteiger partial charge in [0.25, 0.3) is 0 Å². The van der Waals surface area contributed by atoms with Crippen molar-refractivity contribution in [1.82, 2.24) is 9.62 Å². The summed E-state index contributed by atoms with van der Waals surface area (Å²) in [5.74, 6) is 1.15. The number of furan rings is 1. The third-order valence-electron chi connectivity index (χ3n) is 3.21. The second-order valence-corrected chi connectivity index (χ2v) is 7.05. The summed E-state index contributed by atoms with van der Waals surface area (Å²) in [6.45, 7) is 4.06. The van der Waals surface area contributed by atoms with Crippen molar-refractivity contribution in [2.75, 3.05) is 14.1 Å². The maximum atomic E-state index is 12.3. The van der Waals surface area contributed by atoms with Crippen molar-refractivity contribution < 1.29 is 12.8 Å². The van der Waals surface area contributed by atoms with Gasteiger partial charge in [-0.1, -0.05) is 0 Å². The minimum absolute atomic E-state index is 0.318. The number of aryl methyl sites for hydroxylation is 2. The van der Waals surface area contributed by atoms with Crippen LogP contribution in [0.2, 0.25) is 0 Å². The highest BCUT2D eigenvalue weighted by atomic mass is 32.2. The van der Waals surface area contributed by atoms with Crippen LogP contribution in [-0.2, 0) is 16.6 Å². The Morgan fingerprint density at radius 1 is 1.28 bits per heavy atom. The Hall–Kier alpha value is -0.850. The van der Waals surface area contributed by atoms with Crippen LogP contribution in [0.1, 0.15) is 29.9 Å². The Kier molecular flexibility index (Phi) is 3.53. The van der Waals surface area contributed by atoms with Crippen molar-refractivity contribution in [3.05, 3.63) is 17.1 Å². The van der Waals surface area contributed by atoms with Crippen molar-refractivity contribution >= 4 is 10.0 Å². The molecule has 0 aliphatic heterocycles. The normalized spacial score (nSPS) is 16.5. The van der Waals surface area contributed by atoms with Crippen molar-refractivity contribution in [2.24, 2.45) is 0 Å². The Bertz CT molecular complexity index is 542. The molecular formula is C12H20N2O3S. The molecule has 0 unspecified atom stereocenters. The second kappa shape index (κ2) is 4.68. The highest BCUT2D eigenvalue weighted by Gasteiger charge is 2.29. The molecule has 18 heavy (non-hydrogen) atoms. The average Bonchev–Trinajstić information content (AvgIpc) is 3.02. The molecule has 5 nitrogen and oxygen atoms in total. The van der Waals surface area contributed by atoms with E-state index in [0.29, 0.717) is 29.0 Å². The molecule has 0 spiro atoms. The third kappa shape index (κ3) is 2.46. The molecule has 0 saturated heterocycles. The Morgan fingerprint density at radius 2 is 1.89 bits per heavy atom. The molecule has 0 bridgehead atoms. The molecule has 0 atom stereocenters. The summed E-state index contributed by atoms with van der Waals surface area (Å²) in [5, 5.41) is 3.34. The molecule has 1 aliphatic carbocycles. The van der Waals surface area contributed by atoms with Gasteiger partial charge in [0.1, 0.15) is 16.4 Å². The lowest BCUT2D eigenvalue weighted by Crippen LogP contribution is -2.25. The summed E-state index contributed by atoms with van der Waals surface area (Å²) >= 11 is 0. The van der Waals surface area contributed by atoms with Gasteiger partial charge in [0.2, 0.25) is 10.0 Å². The maximum Gasteiger partial charge on any atom is 0.246 e. The van der Waals surface area contributed by atoms with E-state index in [1.165, 1.54) is 31.2 Å². The SMILES string of the molecule is Cc1oc(C)c(S(=O)(=O)N(C)C)c1CNC1CC1. The number of sulfonamides is 1. The number of nitrogens with one attached hydrogen (secondary N) is 1. The van der Waals surface area contributed by atoms with E-state index >= 15 is 0 Å². The van der Waals surface area contributed by atoms with Crippen LogP contribution < -0.4 is 5.32 Å². The summed E-state index contributed by atoms with van der Waals surface area (Å²) in [7, 11) is -0.371. The van der Waals surface area contributed by atoms with Crippen LogP contribution in [0.25, 0.3) is 0 Å². The minimum Gasteiger partial charge on any atom is -0.465 e. The van der Waals surface area contributed by atoms with Gasteiger partial charge in [0.05, 0.1) is 0 Å². The summed E-state index contributed by atoms with van der Waals surface area (Å²) in [6.07, 6.45) is 2.34. The van der Waals surface area contributed by atoms with Gasteiger partial charge in [-0.05, 0) is 26.7 Å². The first-order valence-electron chi connectivity index (χ1n) is 6.08. The second-order valence-electron chi connectivity index (χ2n) is 4.96. The van der Waals surface area contributed by atoms with Crippen molar-refractivity contribution in [3.8, 4) is 0 Å². The largest absolute Gasteiger partial charge is 0.465 e. The lowest BCUT2D eigenvalue weighted by atomic mass is 10.2. The highest BCUT2D eigenvalue weighted by Crippen LogP contribution is 2.29. The van der Waals surface area contributed by atoms with E-state index in [1.54, 1.807) is 6.92 Å². The molecule has 1 aromatic rings. The topological polar surface area (TPSA) is 62.6 Å². The van der Waals surface area contributed by atoms with Gasteiger partial charge in [-0.15, -0.1) is 0 Å². The van der Waals surface area contributed by atoms with Crippen molar-refractivity contribution in [3.63, 3.8) is 0 Å². The van der Waals surface area contributed by atoms with Gasteiger partial charge in [-0.3, -0.25) is 0 Å². The van der Waals surface area contributed by atoms with Crippen molar-refractivity contribution in [1.29, 1.82) is 0 Å². The molecule has 6 heteroatoms. The zero-order chi connectivity index (χ0) is 13.5. The summed E-state index contributed by atoms with van der Waals surface area (Å²) < 4.78 is 31.3. The van der Waals surface area contributed by atoms with Crippen LogP contribution in [0, 0.1) is 13.8 Å². The molecule has 0 radical (unpaired) electrons. The van der Waals surface area contributed by atoms with E-state index in [9.17, 15) is 8.42 Å². The fourth-order valence-corrected chi connectivity index (χ4v) is 3.27. The first-order valence-corrected chi connectivity index (χ1v) is 7.53. The highest BCUT2D eigenvalue weighted by molar-refractivity contribution is 7.89. The van der Waals surface area contributed by atoms with Crippen LogP contribution >= 0.6 is 0 Å². The smallest absolute Gasteiger partial charge is 0.246 e. The predicted molar refractivity (Wildman–Crippen MR) is 68.9 cm³/mol. The fraction of sp³-hybridized carbons (Fsp3) is 0.667. The lowest BCUT2D eigenvalue weighted by molar-refractivity contribution is 0.487. The van der Waals surface area contributed by atoms with E-state index in [1.807, 2.05) is 6.92 Å². The quantitative estimate of drug-likeness (QED) is 0.880. The molecular weight excluding hydrogens is 252 g/mol. The molecule has 1 aromatic heterocycles. The fourth-order valence-electron chi connectivity index (χ4n) is 1.97. The third-order valence-corrected chi connectivity index (χ3v) is 5.22. The first kappa shape index (κ1) is 13.6. The zero-order valence-corrected chi connectivity index (χ0v) is 12.1. The Balaban J connectivity index is 2.38. The number of hydrogen-bond acceptors (Lipinski definition) is 4. The predicted octanol–water partition coefficient (Wildman–Crippen LogP) is 1.40.